The van der Waals surface area contributed by atoms with Crippen molar-refractivity contribution in [3.05, 3.63) is 76.4 Å². The Hall–Kier alpha value is -2.88. The van der Waals surface area contributed by atoms with E-state index in [9.17, 15) is 9.59 Å². The van der Waals surface area contributed by atoms with Crippen LogP contribution in [-0.2, 0) is 17.6 Å². The minimum Gasteiger partial charge on any atom is -0.444 e. The highest BCUT2D eigenvalue weighted by atomic mass is 16.6. The first-order valence-electron chi connectivity index (χ1n) is 11.7. The van der Waals surface area contributed by atoms with Crippen LogP contribution in [0.3, 0.4) is 0 Å². The molecule has 0 saturated carbocycles. The maximum atomic E-state index is 12.8. The Kier molecular flexibility index (Phi) is 7.89. The number of Topliss-reactive ketones (excluding diaryl/α,β-unsaturated/α-hetero) is 1. The fourth-order valence-corrected chi connectivity index (χ4v) is 4.06. The number of amides is 1. The lowest BCUT2D eigenvalue weighted by atomic mass is 9.91. The summed E-state index contributed by atoms with van der Waals surface area (Å²) >= 11 is 0. The van der Waals surface area contributed by atoms with Gasteiger partial charge >= 0.3 is 6.09 Å². The molecule has 0 spiro atoms. The maximum Gasteiger partial charge on any atom is 0.407 e. The van der Waals surface area contributed by atoms with Crippen LogP contribution in [0.2, 0.25) is 0 Å². The van der Waals surface area contributed by atoms with Crippen molar-refractivity contribution in [2.24, 2.45) is 0 Å². The predicted octanol–water partition coefficient (Wildman–Crippen LogP) is 6.50. The van der Waals surface area contributed by atoms with E-state index in [-0.39, 0.29) is 5.78 Å². The van der Waals surface area contributed by atoms with Crippen LogP contribution in [0.4, 0.5) is 4.79 Å². The number of hydrogen-bond donors (Lipinski definition) is 1. The van der Waals surface area contributed by atoms with E-state index in [0.717, 1.165) is 31.2 Å². The van der Waals surface area contributed by atoms with Crippen molar-refractivity contribution >= 4 is 17.4 Å². The Morgan fingerprint density at radius 3 is 2.50 bits per heavy atom. The van der Waals surface area contributed by atoms with Crippen LogP contribution in [0.15, 0.2) is 48.5 Å². The van der Waals surface area contributed by atoms with Crippen molar-refractivity contribution < 1.29 is 14.3 Å². The van der Waals surface area contributed by atoms with Crippen molar-refractivity contribution in [1.29, 1.82) is 0 Å². The number of ether oxygens (including phenoxy) is 1. The second-order valence-electron chi connectivity index (χ2n) is 9.39. The molecular formula is C28H35NO3. The lowest BCUT2D eigenvalue weighted by Gasteiger charge is -2.19. The fourth-order valence-electron chi connectivity index (χ4n) is 4.06. The highest BCUT2D eigenvalue weighted by molar-refractivity contribution is 5.97. The van der Waals surface area contributed by atoms with E-state index in [1.165, 1.54) is 27.8 Å². The molecule has 0 aromatic heterocycles. The third-order valence-electron chi connectivity index (χ3n) is 5.57. The number of rotatable bonds is 7. The number of hydrogen-bond acceptors (Lipinski definition) is 3. The van der Waals surface area contributed by atoms with Gasteiger partial charge in [-0.25, -0.2) is 4.79 Å². The van der Waals surface area contributed by atoms with Gasteiger partial charge in [-0.15, -0.1) is 0 Å². The second-order valence-corrected chi connectivity index (χ2v) is 9.39. The number of carbonyl (C=O) groups is 2. The van der Waals surface area contributed by atoms with Gasteiger partial charge < -0.3 is 10.1 Å². The summed E-state index contributed by atoms with van der Waals surface area (Å²) in [5, 5.41) is 2.72. The lowest BCUT2D eigenvalue weighted by Crippen LogP contribution is -2.33. The predicted molar refractivity (Wildman–Crippen MR) is 130 cm³/mol. The normalized spacial score (nSPS) is 14.3. The second kappa shape index (κ2) is 10.6. The van der Waals surface area contributed by atoms with Gasteiger partial charge in [-0.1, -0.05) is 55.8 Å². The molecule has 0 unspecified atom stereocenters. The smallest absolute Gasteiger partial charge is 0.407 e. The minimum atomic E-state index is -0.522. The monoisotopic (exact) mass is 433 g/mol. The molecule has 2 aromatic rings. The summed E-state index contributed by atoms with van der Waals surface area (Å²) in [4.78, 5) is 24.5. The van der Waals surface area contributed by atoms with Crippen LogP contribution < -0.4 is 5.32 Å². The first-order chi connectivity index (χ1) is 15.3. The van der Waals surface area contributed by atoms with E-state index in [4.69, 9.17) is 4.74 Å². The van der Waals surface area contributed by atoms with E-state index in [1.807, 2.05) is 26.8 Å². The van der Waals surface area contributed by atoms with Crippen LogP contribution in [0, 0.1) is 0 Å². The molecule has 1 aliphatic rings. The minimum absolute atomic E-state index is 0.111. The van der Waals surface area contributed by atoms with Gasteiger partial charge in [0.1, 0.15) is 5.60 Å². The zero-order valence-electron chi connectivity index (χ0n) is 19.8. The summed E-state index contributed by atoms with van der Waals surface area (Å²) in [5.41, 5.74) is 6.68. The zero-order valence-corrected chi connectivity index (χ0v) is 19.8. The van der Waals surface area contributed by atoms with Crippen LogP contribution in [0.1, 0.15) is 86.0 Å². The van der Waals surface area contributed by atoms with Crippen molar-refractivity contribution in [3.63, 3.8) is 0 Å². The summed E-state index contributed by atoms with van der Waals surface area (Å²) in [6.07, 6.45) is 6.92. The highest BCUT2D eigenvalue weighted by Crippen LogP contribution is 2.34. The largest absolute Gasteiger partial charge is 0.444 e. The summed E-state index contributed by atoms with van der Waals surface area (Å²) in [6.45, 7) is 8.10. The van der Waals surface area contributed by atoms with Gasteiger partial charge in [0, 0.05) is 18.5 Å². The molecule has 4 nitrogen and oxygen atoms in total. The molecule has 4 heteroatoms. The van der Waals surface area contributed by atoms with Gasteiger partial charge in [0.15, 0.2) is 5.78 Å². The van der Waals surface area contributed by atoms with Crippen molar-refractivity contribution in [2.45, 2.75) is 71.8 Å². The fraction of sp³-hybridized carbons (Fsp3) is 0.429. The number of ketones is 1. The standard InChI is InChI=1S/C28H35NO3/c1-5-6-11-25-23-12-8-7-10-20(23)14-15-21-19-22(16-17-24(21)25)26(30)13-9-18-29-27(31)32-28(2,3)4/h7-8,10-12,16-17,19H,5-6,9,13-15,18H2,1-4H3,(H,29,31)/b25-11+. The van der Waals surface area contributed by atoms with E-state index in [1.54, 1.807) is 0 Å². The zero-order chi connectivity index (χ0) is 23.1. The van der Waals surface area contributed by atoms with E-state index in [2.05, 4.69) is 54.7 Å². The van der Waals surface area contributed by atoms with Crippen LogP contribution >= 0.6 is 0 Å². The quantitative estimate of drug-likeness (QED) is 0.400. The first-order valence-corrected chi connectivity index (χ1v) is 11.7. The third kappa shape index (κ3) is 6.32. The number of nitrogens with one attached hydrogen (secondary N) is 1. The SMILES string of the molecule is CCC/C=C1\c2ccccc2CCc2cc(C(=O)CCCNC(=O)OC(C)(C)C)ccc21. The molecule has 0 atom stereocenters. The molecule has 3 rings (SSSR count). The Morgan fingerprint density at radius 2 is 1.75 bits per heavy atom. The molecule has 0 radical (unpaired) electrons. The summed E-state index contributed by atoms with van der Waals surface area (Å²) in [5.74, 6) is 0.111. The molecule has 1 aliphatic carbocycles. The molecule has 0 heterocycles. The average molecular weight is 434 g/mol. The molecular weight excluding hydrogens is 398 g/mol. The van der Waals surface area contributed by atoms with Gasteiger partial charge in [-0.3, -0.25) is 4.79 Å². The molecule has 0 fully saturated rings. The van der Waals surface area contributed by atoms with Crippen LogP contribution in [0.25, 0.3) is 5.57 Å². The number of fused-ring (bicyclic) bond motifs is 2. The molecule has 0 aliphatic heterocycles. The number of aryl methyl sites for hydroxylation is 2. The van der Waals surface area contributed by atoms with E-state index >= 15 is 0 Å². The molecule has 0 bridgehead atoms. The average Bonchev–Trinajstić information content (AvgIpc) is 2.90. The summed E-state index contributed by atoms with van der Waals surface area (Å²) in [7, 11) is 0. The number of benzene rings is 2. The molecule has 170 valence electrons. The van der Waals surface area contributed by atoms with E-state index < -0.39 is 11.7 Å². The Balaban J connectivity index is 1.69. The number of allylic oxidation sites excluding steroid dienone is 1. The topological polar surface area (TPSA) is 55.4 Å². The molecule has 32 heavy (non-hydrogen) atoms. The highest BCUT2D eigenvalue weighted by Gasteiger charge is 2.19. The van der Waals surface area contributed by atoms with E-state index in [0.29, 0.717) is 19.4 Å². The summed E-state index contributed by atoms with van der Waals surface area (Å²) < 4.78 is 5.23. The van der Waals surface area contributed by atoms with Crippen molar-refractivity contribution in [1.82, 2.24) is 5.32 Å². The molecule has 1 amide bonds. The lowest BCUT2D eigenvalue weighted by molar-refractivity contribution is 0.0525. The Labute approximate surface area is 192 Å². The molecule has 0 saturated heterocycles. The van der Waals surface area contributed by atoms with Crippen LogP contribution in [0.5, 0.6) is 0 Å². The Morgan fingerprint density at radius 1 is 1.03 bits per heavy atom. The molecule has 1 N–H and O–H groups in total. The van der Waals surface area contributed by atoms with Gasteiger partial charge in [-0.2, -0.15) is 0 Å². The Bertz CT molecular complexity index is 998. The van der Waals surface area contributed by atoms with Gasteiger partial charge in [0.2, 0.25) is 0 Å². The summed E-state index contributed by atoms with van der Waals surface area (Å²) in [6, 6.07) is 14.8. The number of carbonyl (C=O) groups excluding carboxylic acids is 2. The number of unbranched alkanes of at least 4 members (excludes halogenated alkanes) is 1. The first kappa shape index (κ1) is 23.8. The van der Waals surface area contributed by atoms with Gasteiger partial charge in [-0.05, 0) is 80.3 Å². The van der Waals surface area contributed by atoms with Gasteiger partial charge in [0.25, 0.3) is 0 Å². The third-order valence-corrected chi connectivity index (χ3v) is 5.57. The van der Waals surface area contributed by atoms with Crippen molar-refractivity contribution in [3.8, 4) is 0 Å². The van der Waals surface area contributed by atoms with Crippen LogP contribution in [-0.4, -0.2) is 24.0 Å². The van der Waals surface area contributed by atoms with Gasteiger partial charge in [0.05, 0.1) is 0 Å². The number of alkyl carbamates (subject to hydrolysis) is 1. The maximum absolute atomic E-state index is 12.8. The van der Waals surface area contributed by atoms with Crippen molar-refractivity contribution in [2.75, 3.05) is 6.54 Å². The molecule has 2 aromatic carbocycles.